The molecule has 8 heteroatoms. The molecule has 0 aliphatic carbocycles. The number of sulfone groups is 1. The standard InChI is InChI=1S/C17H20FN3O3S/c1-11-4-5-14(18)13(8-11)16-9-15(19-21(16)3)17(22)20(2)12-6-7-25(23,24)10-12/h4-5,8-9,12H,6-7,10H2,1-3H3. The predicted octanol–water partition coefficient (Wildman–Crippen LogP) is 1.79. The molecule has 6 nitrogen and oxygen atoms in total. The van der Waals surface area contributed by atoms with E-state index in [2.05, 4.69) is 5.10 Å². The first kappa shape index (κ1) is 17.6. The Hall–Kier alpha value is -2.22. The molecule has 1 atom stereocenters. The molecular weight excluding hydrogens is 345 g/mol. The molecule has 0 saturated carbocycles. The van der Waals surface area contributed by atoms with Crippen molar-refractivity contribution in [2.45, 2.75) is 19.4 Å². The fraction of sp³-hybridized carbons (Fsp3) is 0.412. The second-order valence-corrected chi connectivity index (χ2v) is 8.72. The molecule has 2 aromatic rings. The highest BCUT2D eigenvalue weighted by molar-refractivity contribution is 7.91. The lowest BCUT2D eigenvalue weighted by Crippen LogP contribution is -2.38. The summed E-state index contributed by atoms with van der Waals surface area (Å²) in [4.78, 5) is 14.1. The van der Waals surface area contributed by atoms with Crippen LogP contribution in [0.1, 0.15) is 22.5 Å². The zero-order valence-corrected chi connectivity index (χ0v) is 15.2. The Kier molecular flexibility index (Phi) is 4.40. The van der Waals surface area contributed by atoms with Crippen LogP contribution in [0.5, 0.6) is 0 Å². The minimum Gasteiger partial charge on any atom is -0.336 e. The molecule has 1 saturated heterocycles. The summed E-state index contributed by atoms with van der Waals surface area (Å²) in [6.07, 6.45) is 0.427. The van der Waals surface area contributed by atoms with Gasteiger partial charge in [-0.05, 0) is 31.5 Å². The third kappa shape index (κ3) is 3.44. The molecule has 1 aliphatic rings. The first-order valence-electron chi connectivity index (χ1n) is 7.96. The van der Waals surface area contributed by atoms with Crippen LogP contribution >= 0.6 is 0 Å². The molecule has 0 N–H and O–H groups in total. The molecule has 0 radical (unpaired) electrons. The Morgan fingerprint density at radius 1 is 1.36 bits per heavy atom. The number of hydrogen-bond acceptors (Lipinski definition) is 4. The third-order valence-electron chi connectivity index (χ3n) is 4.57. The molecular formula is C17H20FN3O3S. The van der Waals surface area contributed by atoms with E-state index >= 15 is 0 Å². The van der Waals surface area contributed by atoms with Gasteiger partial charge in [-0.1, -0.05) is 11.6 Å². The topological polar surface area (TPSA) is 72.3 Å². The van der Waals surface area contributed by atoms with Gasteiger partial charge in [-0.2, -0.15) is 5.10 Å². The van der Waals surface area contributed by atoms with Gasteiger partial charge in [0, 0.05) is 25.7 Å². The number of aryl methyl sites for hydroxylation is 2. The van der Waals surface area contributed by atoms with E-state index < -0.39 is 9.84 Å². The fourth-order valence-corrected chi connectivity index (χ4v) is 4.86. The minimum absolute atomic E-state index is 0.0264. The number of hydrogen-bond donors (Lipinski definition) is 0. The molecule has 0 bridgehead atoms. The highest BCUT2D eigenvalue weighted by Gasteiger charge is 2.34. The predicted molar refractivity (Wildman–Crippen MR) is 92.5 cm³/mol. The number of halogens is 1. The molecule has 0 spiro atoms. The molecule has 3 rings (SSSR count). The lowest BCUT2D eigenvalue weighted by molar-refractivity contribution is 0.0741. The maximum Gasteiger partial charge on any atom is 0.274 e. The van der Waals surface area contributed by atoms with Crippen LogP contribution in [-0.4, -0.2) is 53.6 Å². The fourth-order valence-electron chi connectivity index (χ4n) is 3.09. The summed E-state index contributed by atoms with van der Waals surface area (Å²) in [5.41, 5.74) is 1.95. The summed E-state index contributed by atoms with van der Waals surface area (Å²) in [6.45, 7) is 1.86. The Morgan fingerprint density at radius 2 is 2.08 bits per heavy atom. The Labute approximate surface area is 146 Å². The maximum atomic E-state index is 14.1. The van der Waals surface area contributed by atoms with Gasteiger partial charge >= 0.3 is 0 Å². The summed E-state index contributed by atoms with van der Waals surface area (Å²) in [5.74, 6) is -0.682. The van der Waals surface area contributed by atoms with E-state index in [1.54, 1.807) is 32.3 Å². The van der Waals surface area contributed by atoms with Crippen molar-refractivity contribution in [3.8, 4) is 11.3 Å². The zero-order valence-electron chi connectivity index (χ0n) is 14.4. The van der Waals surface area contributed by atoms with Crippen LogP contribution in [0.2, 0.25) is 0 Å². The number of aromatic nitrogens is 2. The normalized spacial score (nSPS) is 19.1. The van der Waals surface area contributed by atoms with E-state index in [-0.39, 0.29) is 35.0 Å². The van der Waals surface area contributed by atoms with Crippen molar-refractivity contribution in [2.75, 3.05) is 18.6 Å². The second-order valence-electron chi connectivity index (χ2n) is 6.49. The van der Waals surface area contributed by atoms with Gasteiger partial charge in [-0.25, -0.2) is 12.8 Å². The van der Waals surface area contributed by atoms with Crippen LogP contribution in [-0.2, 0) is 16.9 Å². The summed E-state index contributed by atoms with van der Waals surface area (Å²) in [6, 6.07) is 5.96. The lowest BCUT2D eigenvalue weighted by Gasteiger charge is -2.22. The summed E-state index contributed by atoms with van der Waals surface area (Å²) in [5, 5.41) is 4.20. The van der Waals surface area contributed by atoms with E-state index in [0.29, 0.717) is 17.7 Å². The lowest BCUT2D eigenvalue weighted by atomic mass is 10.1. The van der Waals surface area contributed by atoms with E-state index in [1.165, 1.54) is 15.6 Å². The van der Waals surface area contributed by atoms with Crippen molar-refractivity contribution < 1.29 is 17.6 Å². The van der Waals surface area contributed by atoms with E-state index in [0.717, 1.165) is 5.56 Å². The van der Waals surface area contributed by atoms with Gasteiger partial charge in [-0.15, -0.1) is 0 Å². The average Bonchev–Trinajstić information content (AvgIpc) is 3.11. The van der Waals surface area contributed by atoms with Crippen LogP contribution in [0, 0.1) is 12.7 Å². The van der Waals surface area contributed by atoms with Crippen LogP contribution in [0.3, 0.4) is 0 Å². The number of nitrogens with zero attached hydrogens (tertiary/aromatic N) is 3. The highest BCUT2D eigenvalue weighted by atomic mass is 32.2. The van der Waals surface area contributed by atoms with Gasteiger partial charge < -0.3 is 4.90 Å². The van der Waals surface area contributed by atoms with Gasteiger partial charge in [0.15, 0.2) is 15.5 Å². The number of benzene rings is 1. The van der Waals surface area contributed by atoms with Crippen LogP contribution < -0.4 is 0 Å². The molecule has 25 heavy (non-hydrogen) atoms. The monoisotopic (exact) mass is 365 g/mol. The molecule has 1 aromatic heterocycles. The van der Waals surface area contributed by atoms with Gasteiger partial charge in [0.05, 0.1) is 17.2 Å². The van der Waals surface area contributed by atoms with Crippen molar-refractivity contribution >= 4 is 15.7 Å². The van der Waals surface area contributed by atoms with E-state index in [1.807, 2.05) is 6.92 Å². The smallest absolute Gasteiger partial charge is 0.274 e. The number of carbonyl (C=O) groups excluding carboxylic acids is 1. The Morgan fingerprint density at radius 3 is 2.72 bits per heavy atom. The number of carbonyl (C=O) groups is 1. The van der Waals surface area contributed by atoms with Crippen LogP contribution in [0.4, 0.5) is 4.39 Å². The molecule has 1 aromatic carbocycles. The van der Waals surface area contributed by atoms with Gasteiger partial charge in [-0.3, -0.25) is 9.48 Å². The number of rotatable bonds is 3. The van der Waals surface area contributed by atoms with Crippen molar-refractivity contribution in [2.24, 2.45) is 7.05 Å². The highest BCUT2D eigenvalue weighted by Crippen LogP contribution is 2.25. The SMILES string of the molecule is Cc1ccc(F)c(-c2cc(C(=O)N(C)C3CCS(=O)(=O)C3)nn2C)c1. The van der Waals surface area contributed by atoms with Crippen molar-refractivity contribution in [3.63, 3.8) is 0 Å². The number of amides is 1. The molecule has 1 fully saturated rings. The quantitative estimate of drug-likeness (QED) is 0.831. The zero-order chi connectivity index (χ0) is 18.4. The Bertz CT molecular complexity index is 937. The first-order chi connectivity index (χ1) is 11.7. The molecule has 1 aliphatic heterocycles. The van der Waals surface area contributed by atoms with Crippen molar-refractivity contribution in [1.82, 2.24) is 14.7 Å². The van der Waals surface area contributed by atoms with Crippen LogP contribution in [0.15, 0.2) is 24.3 Å². The summed E-state index contributed by atoms with van der Waals surface area (Å²) in [7, 11) is 0.144. The molecule has 134 valence electrons. The minimum atomic E-state index is -3.08. The first-order valence-corrected chi connectivity index (χ1v) is 9.78. The summed E-state index contributed by atoms with van der Waals surface area (Å²) >= 11 is 0. The maximum absolute atomic E-state index is 14.1. The van der Waals surface area contributed by atoms with E-state index in [4.69, 9.17) is 0 Å². The van der Waals surface area contributed by atoms with Gasteiger partial charge in [0.25, 0.3) is 5.91 Å². The van der Waals surface area contributed by atoms with Gasteiger partial charge in [0.1, 0.15) is 5.82 Å². The van der Waals surface area contributed by atoms with E-state index in [9.17, 15) is 17.6 Å². The molecule has 1 amide bonds. The van der Waals surface area contributed by atoms with Crippen molar-refractivity contribution in [3.05, 3.63) is 41.3 Å². The van der Waals surface area contributed by atoms with Gasteiger partial charge in [0.2, 0.25) is 0 Å². The molecule has 1 unspecified atom stereocenters. The Balaban J connectivity index is 1.89. The summed E-state index contributed by atoms with van der Waals surface area (Å²) < 4.78 is 38.8. The average molecular weight is 365 g/mol. The second kappa shape index (κ2) is 6.25. The molecule has 2 heterocycles. The van der Waals surface area contributed by atoms with Crippen molar-refractivity contribution in [1.29, 1.82) is 0 Å². The third-order valence-corrected chi connectivity index (χ3v) is 6.32. The van der Waals surface area contributed by atoms with Crippen LogP contribution in [0.25, 0.3) is 11.3 Å². The largest absolute Gasteiger partial charge is 0.336 e.